The number of carbonyl (C=O) groups is 3. The van der Waals surface area contributed by atoms with Gasteiger partial charge in [0.25, 0.3) is 5.91 Å². The number of urea groups is 1. The van der Waals surface area contributed by atoms with Gasteiger partial charge in [0.1, 0.15) is 0 Å². The number of benzene rings is 1. The van der Waals surface area contributed by atoms with Crippen molar-refractivity contribution in [3.8, 4) is 11.3 Å². The summed E-state index contributed by atoms with van der Waals surface area (Å²) >= 11 is 0. The Morgan fingerprint density at radius 3 is 2.48 bits per heavy atom. The summed E-state index contributed by atoms with van der Waals surface area (Å²) in [6.07, 6.45) is 2.36. The molecular weight excluding hydrogens is 422 g/mol. The molecular formula is C24H29N5O4. The molecule has 0 atom stereocenters. The van der Waals surface area contributed by atoms with Crippen LogP contribution in [0.4, 0.5) is 4.79 Å². The molecule has 0 fully saturated rings. The fraction of sp³-hybridized carbons (Fsp3) is 0.375. The maximum absolute atomic E-state index is 12.9. The number of carbonyl (C=O) groups excluding carboxylic acids is 3. The third-order valence-electron chi connectivity index (χ3n) is 4.94. The van der Waals surface area contributed by atoms with Crippen molar-refractivity contribution < 1.29 is 19.1 Å². The highest BCUT2D eigenvalue weighted by atomic mass is 16.5. The minimum atomic E-state index is -0.711. The average molecular weight is 452 g/mol. The Morgan fingerprint density at radius 2 is 1.82 bits per heavy atom. The molecule has 0 aliphatic heterocycles. The Morgan fingerprint density at radius 1 is 1.09 bits per heavy atom. The second kappa shape index (κ2) is 10.7. The summed E-state index contributed by atoms with van der Waals surface area (Å²) in [5, 5.41) is 9.65. The van der Waals surface area contributed by atoms with Crippen molar-refractivity contribution >= 4 is 28.9 Å². The number of nitrogens with zero attached hydrogens (tertiary/aromatic N) is 3. The fourth-order valence-corrected chi connectivity index (χ4v) is 3.21. The Bertz CT molecular complexity index is 1140. The zero-order valence-electron chi connectivity index (χ0n) is 19.3. The van der Waals surface area contributed by atoms with Crippen molar-refractivity contribution in [3.63, 3.8) is 0 Å². The number of aromatic nitrogens is 3. The minimum Gasteiger partial charge on any atom is -0.452 e. The van der Waals surface area contributed by atoms with Crippen LogP contribution in [-0.2, 0) is 9.53 Å². The highest BCUT2D eigenvalue weighted by molar-refractivity contribution is 6.04. The number of hydrogen-bond donors (Lipinski definition) is 2. The molecule has 174 valence electrons. The van der Waals surface area contributed by atoms with E-state index in [9.17, 15) is 14.4 Å². The Balaban J connectivity index is 1.76. The van der Waals surface area contributed by atoms with Crippen molar-refractivity contribution in [1.82, 2.24) is 25.4 Å². The van der Waals surface area contributed by atoms with Gasteiger partial charge in [0.2, 0.25) is 0 Å². The number of rotatable bonds is 8. The van der Waals surface area contributed by atoms with Gasteiger partial charge in [-0.05, 0) is 32.3 Å². The molecule has 0 saturated carbocycles. The molecule has 1 aromatic carbocycles. The van der Waals surface area contributed by atoms with Crippen molar-refractivity contribution in [2.24, 2.45) is 5.92 Å². The second-order valence-corrected chi connectivity index (χ2v) is 8.40. The summed E-state index contributed by atoms with van der Waals surface area (Å²) in [6, 6.07) is 10.5. The Kier molecular flexibility index (Phi) is 7.76. The maximum Gasteiger partial charge on any atom is 0.339 e. The van der Waals surface area contributed by atoms with Crippen molar-refractivity contribution in [2.75, 3.05) is 13.2 Å². The number of esters is 1. The number of amides is 3. The van der Waals surface area contributed by atoms with Crippen LogP contribution in [-0.4, -0.2) is 45.8 Å². The molecule has 0 spiro atoms. The molecule has 0 radical (unpaired) electrons. The third kappa shape index (κ3) is 6.15. The average Bonchev–Trinajstić information content (AvgIpc) is 3.21. The first-order valence-electron chi connectivity index (χ1n) is 10.9. The SMILES string of the molecule is CC(C)CCNC(=O)NC(=O)COC(=O)c1cc(-c2ccccc2)nc2c1cnn2C(C)C. The highest BCUT2D eigenvalue weighted by Gasteiger charge is 2.20. The van der Waals surface area contributed by atoms with Gasteiger partial charge in [-0.15, -0.1) is 0 Å². The van der Waals surface area contributed by atoms with E-state index in [0.29, 0.717) is 29.2 Å². The first-order chi connectivity index (χ1) is 15.8. The molecule has 3 aromatic rings. The fourth-order valence-electron chi connectivity index (χ4n) is 3.21. The number of hydrogen-bond acceptors (Lipinski definition) is 6. The van der Waals surface area contributed by atoms with Crippen LogP contribution in [0.25, 0.3) is 22.3 Å². The van der Waals surface area contributed by atoms with Gasteiger partial charge >= 0.3 is 12.0 Å². The predicted molar refractivity (Wildman–Crippen MR) is 125 cm³/mol. The van der Waals surface area contributed by atoms with E-state index in [1.54, 1.807) is 16.9 Å². The molecule has 0 saturated heterocycles. The van der Waals surface area contributed by atoms with Crippen LogP contribution >= 0.6 is 0 Å². The molecule has 0 aliphatic carbocycles. The summed E-state index contributed by atoms with van der Waals surface area (Å²) in [5.74, 6) is -0.977. The normalized spacial score (nSPS) is 11.1. The van der Waals surface area contributed by atoms with E-state index in [0.717, 1.165) is 12.0 Å². The minimum absolute atomic E-state index is 0.0323. The standard InChI is InChI=1S/C24H29N5O4/c1-15(2)10-11-25-24(32)28-21(30)14-33-23(31)18-12-20(17-8-6-5-7-9-17)27-22-19(18)13-26-29(22)16(3)4/h5-9,12-13,15-16H,10-11,14H2,1-4H3,(H2,25,28,30,32). The molecule has 33 heavy (non-hydrogen) atoms. The molecule has 3 amide bonds. The van der Waals surface area contributed by atoms with Crippen molar-refractivity contribution in [1.29, 1.82) is 0 Å². The zero-order valence-corrected chi connectivity index (χ0v) is 19.3. The van der Waals surface area contributed by atoms with Crippen LogP contribution in [0.2, 0.25) is 0 Å². The van der Waals surface area contributed by atoms with E-state index in [1.807, 2.05) is 58.0 Å². The molecule has 9 nitrogen and oxygen atoms in total. The van der Waals surface area contributed by atoms with Gasteiger partial charge in [-0.3, -0.25) is 10.1 Å². The van der Waals surface area contributed by atoms with Crippen LogP contribution in [0.5, 0.6) is 0 Å². The van der Waals surface area contributed by atoms with E-state index in [1.165, 1.54) is 0 Å². The second-order valence-electron chi connectivity index (χ2n) is 8.40. The zero-order chi connectivity index (χ0) is 24.0. The number of pyridine rings is 1. The Hall–Kier alpha value is -3.75. The van der Waals surface area contributed by atoms with Crippen LogP contribution in [0.1, 0.15) is 50.5 Å². The molecule has 0 unspecified atom stereocenters. The highest BCUT2D eigenvalue weighted by Crippen LogP contribution is 2.26. The largest absolute Gasteiger partial charge is 0.452 e. The van der Waals surface area contributed by atoms with E-state index >= 15 is 0 Å². The maximum atomic E-state index is 12.9. The molecule has 0 bridgehead atoms. The summed E-state index contributed by atoms with van der Waals surface area (Å²) in [6.45, 7) is 7.88. The molecule has 2 heterocycles. The molecule has 2 N–H and O–H groups in total. The van der Waals surface area contributed by atoms with E-state index in [2.05, 4.69) is 15.7 Å². The van der Waals surface area contributed by atoms with E-state index < -0.39 is 24.5 Å². The van der Waals surface area contributed by atoms with Crippen LogP contribution in [0.3, 0.4) is 0 Å². The molecule has 9 heteroatoms. The van der Waals surface area contributed by atoms with Gasteiger partial charge < -0.3 is 10.1 Å². The summed E-state index contributed by atoms with van der Waals surface area (Å²) in [7, 11) is 0. The lowest BCUT2D eigenvalue weighted by Gasteiger charge is -2.11. The smallest absolute Gasteiger partial charge is 0.339 e. The quantitative estimate of drug-likeness (QED) is 0.505. The third-order valence-corrected chi connectivity index (χ3v) is 4.94. The monoisotopic (exact) mass is 451 g/mol. The lowest BCUT2D eigenvalue weighted by molar-refractivity contribution is -0.123. The van der Waals surface area contributed by atoms with E-state index in [-0.39, 0.29) is 11.6 Å². The lowest BCUT2D eigenvalue weighted by Crippen LogP contribution is -2.42. The van der Waals surface area contributed by atoms with Gasteiger partial charge in [0.05, 0.1) is 22.8 Å². The number of ether oxygens (including phenoxy) is 1. The number of imide groups is 1. The van der Waals surface area contributed by atoms with E-state index in [4.69, 9.17) is 9.72 Å². The molecule has 2 aromatic heterocycles. The topological polar surface area (TPSA) is 115 Å². The molecule has 0 aliphatic rings. The predicted octanol–water partition coefficient (Wildman–Crippen LogP) is 3.71. The van der Waals surface area contributed by atoms with Crippen LogP contribution < -0.4 is 10.6 Å². The van der Waals surface area contributed by atoms with Crippen LogP contribution in [0, 0.1) is 5.92 Å². The number of nitrogens with one attached hydrogen (secondary N) is 2. The molecule has 3 rings (SSSR count). The van der Waals surface area contributed by atoms with Gasteiger partial charge in [0.15, 0.2) is 12.3 Å². The Labute approximate surface area is 192 Å². The number of fused-ring (bicyclic) bond motifs is 1. The summed E-state index contributed by atoms with van der Waals surface area (Å²) < 4.78 is 6.94. The van der Waals surface area contributed by atoms with Crippen molar-refractivity contribution in [3.05, 3.63) is 48.2 Å². The van der Waals surface area contributed by atoms with Gasteiger partial charge in [-0.25, -0.2) is 19.3 Å². The lowest BCUT2D eigenvalue weighted by atomic mass is 10.1. The van der Waals surface area contributed by atoms with Gasteiger partial charge in [-0.2, -0.15) is 5.10 Å². The first-order valence-corrected chi connectivity index (χ1v) is 10.9. The summed E-state index contributed by atoms with van der Waals surface area (Å²) in [5.41, 5.74) is 2.22. The van der Waals surface area contributed by atoms with Gasteiger partial charge in [-0.1, -0.05) is 44.2 Å². The first kappa shape index (κ1) is 23.9. The van der Waals surface area contributed by atoms with Crippen molar-refractivity contribution in [2.45, 2.75) is 40.2 Å². The van der Waals surface area contributed by atoms with Crippen LogP contribution in [0.15, 0.2) is 42.6 Å². The van der Waals surface area contributed by atoms with Gasteiger partial charge in [0, 0.05) is 18.2 Å². The summed E-state index contributed by atoms with van der Waals surface area (Å²) in [4.78, 5) is 41.4.